The van der Waals surface area contributed by atoms with Crippen LogP contribution in [0.5, 0.6) is 0 Å². The lowest BCUT2D eigenvalue weighted by molar-refractivity contribution is -0.142. The second-order valence-corrected chi connectivity index (χ2v) is 3.76. The van der Waals surface area contributed by atoms with Gasteiger partial charge in [0, 0.05) is 0 Å². The fourth-order valence-electron chi connectivity index (χ4n) is 1.04. The normalized spacial score (nSPS) is 10.3. The third-order valence-electron chi connectivity index (χ3n) is 1.74. The van der Waals surface area contributed by atoms with E-state index >= 15 is 0 Å². The van der Waals surface area contributed by atoms with Crippen molar-refractivity contribution in [1.29, 1.82) is 0 Å². The summed E-state index contributed by atoms with van der Waals surface area (Å²) in [6.07, 6.45) is 0.615. The fourth-order valence-corrected chi connectivity index (χ4v) is 1.37. The molecular weight excluding hydrogens is 239 g/mol. The molecule has 82 valence electrons. The second kappa shape index (κ2) is 5.95. The molecule has 1 rings (SSSR count). The molecule has 0 saturated heterocycles. The Morgan fingerprint density at radius 1 is 1.33 bits per heavy atom. The lowest BCUT2D eigenvalue weighted by Gasteiger charge is -2.03. The first kappa shape index (κ1) is 12.3. The lowest BCUT2D eigenvalue weighted by Crippen LogP contribution is -2.08. The van der Waals surface area contributed by atoms with E-state index in [0.29, 0.717) is 23.1 Å². The van der Waals surface area contributed by atoms with E-state index in [1.54, 1.807) is 12.1 Å². The number of carboxylic acid groups (broad SMARTS) is 1. The molecular formula is C10H10Cl2O3. The highest BCUT2D eigenvalue weighted by molar-refractivity contribution is 6.42. The Morgan fingerprint density at radius 2 is 2.07 bits per heavy atom. The lowest BCUT2D eigenvalue weighted by atomic mass is 10.2. The average Bonchev–Trinajstić information content (AvgIpc) is 2.18. The Hall–Kier alpha value is -0.770. The van der Waals surface area contributed by atoms with E-state index in [1.807, 2.05) is 6.07 Å². The number of benzene rings is 1. The van der Waals surface area contributed by atoms with Gasteiger partial charge in [-0.25, -0.2) is 4.79 Å². The summed E-state index contributed by atoms with van der Waals surface area (Å²) in [4.78, 5) is 10.1. The minimum absolute atomic E-state index is 0.276. The first-order valence-electron chi connectivity index (χ1n) is 4.33. The molecule has 0 aliphatic carbocycles. The van der Waals surface area contributed by atoms with E-state index in [-0.39, 0.29) is 6.61 Å². The van der Waals surface area contributed by atoms with Crippen molar-refractivity contribution in [2.75, 3.05) is 13.2 Å². The number of carbonyl (C=O) groups is 1. The molecule has 5 heteroatoms. The highest BCUT2D eigenvalue weighted by Crippen LogP contribution is 2.22. The van der Waals surface area contributed by atoms with Crippen LogP contribution in [0, 0.1) is 0 Å². The Balaban J connectivity index is 2.38. The van der Waals surface area contributed by atoms with Gasteiger partial charge in [-0.2, -0.15) is 0 Å². The zero-order valence-electron chi connectivity index (χ0n) is 7.87. The van der Waals surface area contributed by atoms with Crippen LogP contribution >= 0.6 is 23.2 Å². The Kier molecular flexibility index (Phi) is 4.88. The molecule has 0 amide bonds. The number of hydrogen-bond acceptors (Lipinski definition) is 2. The van der Waals surface area contributed by atoms with E-state index in [1.165, 1.54) is 0 Å². The molecule has 0 fully saturated rings. The molecule has 0 aliphatic rings. The molecule has 0 spiro atoms. The highest BCUT2D eigenvalue weighted by atomic mass is 35.5. The van der Waals surface area contributed by atoms with Crippen molar-refractivity contribution in [3.63, 3.8) is 0 Å². The van der Waals surface area contributed by atoms with Crippen LogP contribution in [0.2, 0.25) is 10.0 Å². The van der Waals surface area contributed by atoms with Gasteiger partial charge in [-0.05, 0) is 24.1 Å². The third kappa shape index (κ3) is 4.51. The average molecular weight is 249 g/mol. The molecule has 1 aromatic carbocycles. The van der Waals surface area contributed by atoms with Crippen molar-refractivity contribution in [2.45, 2.75) is 6.42 Å². The van der Waals surface area contributed by atoms with E-state index in [4.69, 9.17) is 33.0 Å². The van der Waals surface area contributed by atoms with E-state index < -0.39 is 5.97 Å². The number of carboxylic acids is 1. The Morgan fingerprint density at radius 3 is 2.67 bits per heavy atom. The third-order valence-corrected chi connectivity index (χ3v) is 2.48. The predicted molar refractivity (Wildman–Crippen MR) is 58.6 cm³/mol. The summed E-state index contributed by atoms with van der Waals surface area (Å²) in [5, 5.41) is 9.33. The molecule has 0 aliphatic heterocycles. The van der Waals surface area contributed by atoms with Gasteiger partial charge < -0.3 is 9.84 Å². The molecule has 0 heterocycles. The van der Waals surface area contributed by atoms with Crippen LogP contribution in [-0.4, -0.2) is 24.3 Å². The van der Waals surface area contributed by atoms with Gasteiger partial charge in [0.1, 0.15) is 6.61 Å². The number of rotatable bonds is 5. The van der Waals surface area contributed by atoms with Crippen molar-refractivity contribution in [3.8, 4) is 0 Å². The van der Waals surface area contributed by atoms with Gasteiger partial charge in [0.15, 0.2) is 0 Å². The van der Waals surface area contributed by atoms with Gasteiger partial charge in [-0.3, -0.25) is 0 Å². The summed E-state index contributed by atoms with van der Waals surface area (Å²) in [5.74, 6) is -0.968. The summed E-state index contributed by atoms with van der Waals surface area (Å²) in [7, 11) is 0. The van der Waals surface area contributed by atoms with Gasteiger partial charge in [0.05, 0.1) is 16.7 Å². The molecule has 0 atom stereocenters. The van der Waals surface area contributed by atoms with Crippen molar-refractivity contribution in [1.82, 2.24) is 0 Å². The van der Waals surface area contributed by atoms with E-state index in [0.717, 1.165) is 5.56 Å². The van der Waals surface area contributed by atoms with Gasteiger partial charge in [-0.15, -0.1) is 0 Å². The SMILES string of the molecule is O=C(O)COCCc1ccc(Cl)c(Cl)c1. The number of halogens is 2. The smallest absolute Gasteiger partial charge is 0.329 e. The molecule has 1 aromatic rings. The highest BCUT2D eigenvalue weighted by Gasteiger charge is 2.00. The maximum atomic E-state index is 10.1. The largest absolute Gasteiger partial charge is 0.480 e. The molecule has 0 unspecified atom stereocenters. The van der Waals surface area contributed by atoms with Gasteiger partial charge in [-0.1, -0.05) is 29.3 Å². The van der Waals surface area contributed by atoms with Gasteiger partial charge in [0.2, 0.25) is 0 Å². The second-order valence-electron chi connectivity index (χ2n) is 2.94. The minimum atomic E-state index is -0.968. The zero-order valence-corrected chi connectivity index (χ0v) is 9.38. The number of hydrogen-bond donors (Lipinski definition) is 1. The first-order valence-corrected chi connectivity index (χ1v) is 5.08. The number of ether oxygens (including phenoxy) is 1. The van der Waals surface area contributed by atoms with Crippen LogP contribution in [0.4, 0.5) is 0 Å². The monoisotopic (exact) mass is 248 g/mol. The van der Waals surface area contributed by atoms with Crippen molar-refractivity contribution >= 4 is 29.2 Å². The standard InChI is InChI=1S/C10H10Cl2O3/c11-8-2-1-7(5-9(8)12)3-4-15-6-10(13)14/h1-2,5H,3-4,6H2,(H,13,14). The quantitative estimate of drug-likeness (QED) is 0.816. The predicted octanol–water partition coefficient (Wildman–Crippen LogP) is 2.64. The van der Waals surface area contributed by atoms with Crippen LogP contribution in [0.15, 0.2) is 18.2 Å². The van der Waals surface area contributed by atoms with Gasteiger partial charge >= 0.3 is 5.97 Å². The summed E-state index contributed by atoms with van der Waals surface area (Å²) in [6.45, 7) is 0.0750. The first-order chi connectivity index (χ1) is 7.09. The van der Waals surface area contributed by atoms with Crippen LogP contribution in [-0.2, 0) is 16.0 Å². The van der Waals surface area contributed by atoms with Gasteiger partial charge in [0.25, 0.3) is 0 Å². The molecule has 3 nitrogen and oxygen atoms in total. The topological polar surface area (TPSA) is 46.5 Å². The van der Waals surface area contributed by atoms with E-state index in [2.05, 4.69) is 0 Å². The number of aliphatic carboxylic acids is 1. The van der Waals surface area contributed by atoms with Crippen molar-refractivity contribution in [3.05, 3.63) is 33.8 Å². The molecule has 0 aromatic heterocycles. The van der Waals surface area contributed by atoms with Crippen molar-refractivity contribution < 1.29 is 14.6 Å². The van der Waals surface area contributed by atoms with E-state index in [9.17, 15) is 4.79 Å². The summed E-state index contributed by atoms with van der Waals surface area (Å²) in [5.41, 5.74) is 0.967. The Bertz CT molecular complexity index is 353. The zero-order chi connectivity index (χ0) is 11.3. The van der Waals surface area contributed by atoms with Crippen LogP contribution in [0.25, 0.3) is 0 Å². The summed E-state index contributed by atoms with van der Waals surface area (Å²) < 4.78 is 4.89. The molecule has 0 bridgehead atoms. The van der Waals surface area contributed by atoms with Crippen LogP contribution in [0.3, 0.4) is 0 Å². The molecule has 1 N–H and O–H groups in total. The maximum Gasteiger partial charge on any atom is 0.329 e. The van der Waals surface area contributed by atoms with Crippen LogP contribution in [0.1, 0.15) is 5.56 Å². The molecule has 0 radical (unpaired) electrons. The summed E-state index contributed by atoms with van der Waals surface area (Å²) >= 11 is 11.6. The fraction of sp³-hybridized carbons (Fsp3) is 0.300. The van der Waals surface area contributed by atoms with Crippen molar-refractivity contribution in [2.24, 2.45) is 0 Å². The molecule has 0 saturated carbocycles. The summed E-state index contributed by atoms with van der Waals surface area (Å²) in [6, 6.07) is 5.28. The maximum absolute atomic E-state index is 10.1. The molecule has 15 heavy (non-hydrogen) atoms. The Labute approximate surface area is 97.6 Å². The minimum Gasteiger partial charge on any atom is -0.480 e. The van der Waals surface area contributed by atoms with Crippen LogP contribution < -0.4 is 0 Å².